The fourth-order valence-corrected chi connectivity index (χ4v) is 2.64. The molecule has 1 aromatic rings. The van der Waals surface area contributed by atoms with Crippen molar-refractivity contribution < 1.29 is 19.5 Å². The topological polar surface area (TPSA) is 95.6 Å². The summed E-state index contributed by atoms with van der Waals surface area (Å²) in [5.41, 5.74) is -0.111. The molecule has 3 N–H and O–H groups in total. The molecule has 0 aromatic carbocycles. The van der Waals surface area contributed by atoms with Crippen LogP contribution in [0.3, 0.4) is 0 Å². The summed E-state index contributed by atoms with van der Waals surface area (Å²) < 4.78 is 4.93. The number of carboxylic acid groups (broad SMARTS) is 1. The lowest BCUT2D eigenvalue weighted by Gasteiger charge is -2.35. The maximum absolute atomic E-state index is 10.7. The first-order chi connectivity index (χ1) is 9.15. The number of aliphatic hydroxyl groups is 1. The fraction of sp³-hybridized carbons (Fsp3) is 0.692. The van der Waals surface area contributed by atoms with E-state index in [0.717, 1.165) is 25.7 Å². The first-order valence-corrected chi connectivity index (χ1v) is 6.66. The summed E-state index contributed by atoms with van der Waals surface area (Å²) >= 11 is 0. The summed E-state index contributed by atoms with van der Waals surface area (Å²) in [6.45, 7) is 1.34. The average Bonchev–Trinajstić information content (AvgIpc) is 2.89. The summed E-state index contributed by atoms with van der Waals surface area (Å²) in [5, 5.41) is 25.0. The van der Waals surface area contributed by atoms with Gasteiger partial charge in [-0.3, -0.25) is 0 Å². The highest BCUT2D eigenvalue weighted by molar-refractivity contribution is 5.85. The normalized spacial score (nSPS) is 18.4. The molecule has 0 atom stereocenters. The van der Waals surface area contributed by atoms with Crippen LogP contribution in [-0.2, 0) is 6.54 Å². The van der Waals surface area contributed by atoms with Crippen LogP contribution < -0.4 is 5.32 Å². The Bertz CT molecular complexity index is 424. The average molecular weight is 268 g/mol. The molecule has 0 aliphatic heterocycles. The van der Waals surface area contributed by atoms with E-state index in [0.29, 0.717) is 18.8 Å². The van der Waals surface area contributed by atoms with Gasteiger partial charge in [0, 0.05) is 24.6 Å². The van der Waals surface area contributed by atoms with Crippen LogP contribution in [0.1, 0.15) is 48.4 Å². The van der Waals surface area contributed by atoms with Crippen molar-refractivity contribution >= 4 is 5.97 Å². The maximum atomic E-state index is 10.7. The van der Waals surface area contributed by atoms with Crippen LogP contribution >= 0.6 is 0 Å². The lowest BCUT2D eigenvalue weighted by atomic mass is 9.74. The fourth-order valence-electron chi connectivity index (χ4n) is 2.64. The summed E-state index contributed by atoms with van der Waals surface area (Å²) in [6, 6.07) is 1.42. The first kappa shape index (κ1) is 14.0. The number of nitrogens with zero attached hydrogens (tertiary/aromatic N) is 1. The van der Waals surface area contributed by atoms with Crippen LogP contribution in [0.4, 0.5) is 0 Å². The minimum atomic E-state index is -1.09. The van der Waals surface area contributed by atoms with Gasteiger partial charge in [0.1, 0.15) is 0 Å². The molecule has 1 aromatic heterocycles. The molecule has 0 unspecified atom stereocenters. The number of carboxylic acids is 1. The second kappa shape index (κ2) is 6.16. The zero-order chi connectivity index (χ0) is 13.7. The van der Waals surface area contributed by atoms with Crippen LogP contribution in [0.5, 0.6) is 0 Å². The lowest BCUT2D eigenvalue weighted by Crippen LogP contribution is -2.38. The lowest BCUT2D eigenvalue weighted by molar-refractivity contribution is 0.0685. The van der Waals surface area contributed by atoms with Crippen molar-refractivity contribution in [2.24, 2.45) is 5.41 Å². The summed E-state index contributed by atoms with van der Waals surface area (Å²) in [6.07, 6.45) is 5.63. The van der Waals surface area contributed by atoms with E-state index in [2.05, 4.69) is 10.5 Å². The quantitative estimate of drug-likeness (QED) is 0.722. The predicted octanol–water partition coefficient (Wildman–Crippen LogP) is 1.41. The zero-order valence-electron chi connectivity index (χ0n) is 10.9. The third-order valence-electron chi connectivity index (χ3n) is 3.83. The molecule has 19 heavy (non-hydrogen) atoms. The van der Waals surface area contributed by atoms with Crippen LogP contribution in [-0.4, -0.2) is 34.5 Å². The Labute approximate surface area is 111 Å². The van der Waals surface area contributed by atoms with Crippen molar-refractivity contribution in [3.63, 3.8) is 0 Å². The van der Waals surface area contributed by atoms with Gasteiger partial charge in [-0.2, -0.15) is 0 Å². The third-order valence-corrected chi connectivity index (χ3v) is 3.83. The van der Waals surface area contributed by atoms with Gasteiger partial charge in [0.05, 0.1) is 6.54 Å². The van der Waals surface area contributed by atoms with Gasteiger partial charge >= 0.3 is 5.97 Å². The van der Waals surface area contributed by atoms with E-state index in [1.165, 1.54) is 12.5 Å². The Morgan fingerprint density at radius 2 is 2.16 bits per heavy atom. The summed E-state index contributed by atoms with van der Waals surface area (Å²) in [7, 11) is 0. The third kappa shape index (κ3) is 3.54. The van der Waals surface area contributed by atoms with Gasteiger partial charge in [0.15, 0.2) is 11.5 Å². The van der Waals surface area contributed by atoms with Crippen LogP contribution in [0.2, 0.25) is 0 Å². The van der Waals surface area contributed by atoms with Gasteiger partial charge in [0.2, 0.25) is 0 Å². The Hall–Kier alpha value is -1.40. The van der Waals surface area contributed by atoms with E-state index in [1.807, 2.05) is 0 Å². The van der Waals surface area contributed by atoms with E-state index in [4.69, 9.17) is 9.63 Å². The monoisotopic (exact) mass is 268 g/mol. The van der Waals surface area contributed by atoms with Gasteiger partial charge in [0.25, 0.3) is 0 Å². The second-order valence-electron chi connectivity index (χ2n) is 5.31. The van der Waals surface area contributed by atoms with E-state index >= 15 is 0 Å². The first-order valence-electron chi connectivity index (χ1n) is 6.66. The van der Waals surface area contributed by atoms with Crippen molar-refractivity contribution in [2.75, 3.05) is 13.2 Å². The van der Waals surface area contributed by atoms with Crippen LogP contribution in [0, 0.1) is 5.41 Å². The van der Waals surface area contributed by atoms with Gasteiger partial charge in [-0.1, -0.05) is 24.4 Å². The van der Waals surface area contributed by atoms with Crippen LogP contribution in [0.15, 0.2) is 10.6 Å². The molecule has 2 rings (SSSR count). The number of aromatic nitrogens is 1. The largest absolute Gasteiger partial charge is 0.476 e. The van der Waals surface area contributed by atoms with E-state index < -0.39 is 5.97 Å². The highest BCUT2D eigenvalue weighted by Gasteiger charge is 2.30. The molecule has 0 amide bonds. The SMILES string of the molecule is O=C(O)c1cc(CNCC2(CO)CCCCC2)on1. The smallest absolute Gasteiger partial charge is 0.358 e. The standard InChI is InChI=1S/C13H20N2O4/c16-9-13(4-2-1-3-5-13)8-14-7-10-6-11(12(17)18)15-19-10/h6,14,16H,1-5,7-9H2,(H,17,18). The molecule has 1 heterocycles. The Kier molecular flexibility index (Phi) is 4.55. The number of rotatable bonds is 6. The molecule has 0 saturated heterocycles. The van der Waals surface area contributed by atoms with Gasteiger partial charge in [-0.15, -0.1) is 0 Å². The number of hydrogen-bond acceptors (Lipinski definition) is 5. The van der Waals surface area contributed by atoms with E-state index in [-0.39, 0.29) is 17.7 Å². The number of hydrogen-bond donors (Lipinski definition) is 3. The van der Waals surface area contributed by atoms with Gasteiger partial charge in [-0.05, 0) is 12.8 Å². The predicted molar refractivity (Wildman–Crippen MR) is 67.8 cm³/mol. The molecule has 1 fully saturated rings. The van der Waals surface area contributed by atoms with Crippen molar-refractivity contribution in [3.8, 4) is 0 Å². The highest BCUT2D eigenvalue weighted by Crippen LogP contribution is 2.35. The molecule has 0 bridgehead atoms. The number of aliphatic hydroxyl groups excluding tert-OH is 1. The van der Waals surface area contributed by atoms with E-state index in [9.17, 15) is 9.90 Å². The molecule has 1 aliphatic rings. The van der Waals surface area contributed by atoms with Gasteiger partial charge < -0.3 is 20.1 Å². The molecule has 6 heteroatoms. The zero-order valence-corrected chi connectivity index (χ0v) is 10.9. The van der Waals surface area contributed by atoms with Crippen molar-refractivity contribution in [3.05, 3.63) is 17.5 Å². The molecule has 1 saturated carbocycles. The number of aromatic carboxylic acids is 1. The molecular formula is C13H20N2O4. The molecule has 1 aliphatic carbocycles. The summed E-state index contributed by atoms with van der Waals surface area (Å²) in [5.74, 6) is -0.588. The van der Waals surface area contributed by atoms with Crippen molar-refractivity contribution in [1.82, 2.24) is 10.5 Å². The Balaban J connectivity index is 1.82. The van der Waals surface area contributed by atoms with Gasteiger partial charge in [-0.25, -0.2) is 4.79 Å². The Morgan fingerprint density at radius 1 is 1.42 bits per heavy atom. The van der Waals surface area contributed by atoms with Crippen LogP contribution in [0.25, 0.3) is 0 Å². The highest BCUT2D eigenvalue weighted by atomic mass is 16.5. The minimum Gasteiger partial charge on any atom is -0.476 e. The maximum Gasteiger partial charge on any atom is 0.358 e. The van der Waals surface area contributed by atoms with E-state index in [1.54, 1.807) is 0 Å². The second-order valence-corrected chi connectivity index (χ2v) is 5.31. The molecule has 106 valence electrons. The van der Waals surface area contributed by atoms with Crippen molar-refractivity contribution in [2.45, 2.75) is 38.6 Å². The molecule has 0 radical (unpaired) electrons. The minimum absolute atomic E-state index is 0.0338. The number of nitrogens with one attached hydrogen (secondary N) is 1. The van der Waals surface area contributed by atoms with Crippen molar-refractivity contribution in [1.29, 1.82) is 0 Å². The Morgan fingerprint density at radius 3 is 2.74 bits per heavy atom. The summed E-state index contributed by atoms with van der Waals surface area (Å²) in [4.78, 5) is 10.7. The molecule has 0 spiro atoms. The molecular weight excluding hydrogens is 248 g/mol. The molecule has 6 nitrogen and oxygen atoms in total. The number of carbonyl (C=O) groups is 1.